The van der Waals surface area contributed by atoms with Crippen molar-refractivity contribution in [3.8, 4) is 5.69 Å². The number of nitrogens with zero attached hydrogens (tertiary/aromatic N) is 4. The van der Waals surface area contributed by atoms with Gasteiger partial charge in [-0.25, -0.2) is 23.2 Å². The number of carbonyl (C=O) groups is 3. The molecule has 3 atom stereocenters. The fraction of sp³-hybridized carbons (Fsp3) is 0.577. The zero-order chi connectivity index (χ0) is 28.5. The lowest BCUT2D eigenvalue weighted by molar-refractivity contribution is -0.134. The maximum atomic E-state index is 15.1. The first-order chi connectivity index (χ1) is 18.2. The molecule has 0 radical (unpaired) electrons. The SMILES string of the molecule is CC1(C[C@@H](NC(=O)OC(C)(C)C)C(=O)NC(=O)[C@@H]2C[C@@H](F)CN2Cc2c(-n3cncn3)ccc(Cl)c2F)CC1. The molecule has 2 aromatic rings. The van der Waals surface area contributed by atoms with Crippen LogP contribution in [0.1, 0.15) is 58.9 Å². The number of rotatable bonds is 8. The first-order valence-corrected chi connectivity index (χ1v) is 13.2. The van der Waals surface area contributed by atoms with Crippen LogP contribution >= 0.6 is 11.6 Å². The number of halogens is 3. The van der Waals surface area contributed by atoms with Crippen molar-refractivity contribution in [3.05, 3.63) is 41.2 Å². The maximum absolute atomic E-state index is 15.1. The number of amides is 3. The molecule has 1 saturated carbocycles. The molecule has 0 unspecified atom stereocenters. The fourth-order valence-corrected chi connectivity index (χ4v) is 4.82. The van der Waals surface area contributed by atoms with E-state index in [4.69, 9.17) is 16.3 Å². The largest absolute Gasteiger partial charge is 0.444 e. The normalized spacial score (nSPS) is 21.3. The van der Waals surface area contributed by atoms with E-state index >= 15 is 4.39 Å². The molecule has 1 aliphatic carbocycles. The van der Waals surface area contributed by atoms with Crippen molar-refractivity contribution in [2.45, 2.75) is 83.8 Å². The van der Waals surface area contributed by atoms with Gasteiger partial charge in [0.1, 0.15) is 36.3 Å². The molecule has 39 heavy (non-hydrogen) atoms. The Balaban J connectivity index is 1.50. The Hall–Kier alpha value is -3.12. The Morgan fingerprint density at radius 2 is 2.00 bits per heavy atom. The van der Waals surface area contributed by atoms with Crippen molar-refractivity contribution in [1.82, 2.24) is 30.3 Å². The first-order valence-electron chi connectivity index (χ1n) is 12.8. The van der Waals surface area contributed by atoms with Gasteiger partial charge in [-0.15, -0.1) is 0 Å². The van der Waals surface area contributed by atoms with Crippen LogP contribution in [0.15, 0.2) is 24.8 Å². The van der Waals surface area contributed by atoms with Gasteiger partial charge in [0.2, 0.25) is 11.8 Å². The van der Waals surface area contributed by atoms with Crippen LogP contribution in [-0.4, -0.2) is 68.0 Å². The molecule has 3 amide bonds. The number of benzene rings is 1. The van der Waals surface area contributed by atoms with E-state index in [2.05, 4.69) is 20.7 Å². The third kappa shape index (κ3) is 7.30. The van der Waals surface area contributed by atoms with Crippen molar-refractivity contribution < 1.29 is 27.9 Å². The van der Waals surface area contributed by atoms with E-state index in [1.807, 2.05) is 6.92 Å². The molecule has 2 fully saturated rings. The summed E-state index contributed by atoms with van der Waals surface area (Å²) in [6.07, 6.45) is 2.45. The van der Waals surface area contributed by atoms with E-state index in [9.17, 15) is 18.8 Å². The number of nitrogens with one attached hydrogen (secondary N) is 2. The van der Waals surface area contributed by atoms with Crippen molar-refractivity contribution in [2.24, 2.45) is 5.41 Å². The van der Waals surface area contributed by atoms with Crippen molar-refractivity contribution >= 4 is 29.5 Å². The Kier molecular flexibility index (Phi) is 8.27. The van der Waals surface area contributed by atoms with E-state index < -0.39 is 47.6 Å². The Bertz CT molecular complexity index is 1230. The second-order valence-electron chi connectivity index (χ2n) is 11.5. The lowest BCUT2D eigenvalue weighted by atomic mass is 9.98. The van der Waals surface area contributed by atoms with Gasteiger partial charge in [0.15, 0.2) is 0 Å². The highest BCUT2D eigenvalue weighted by Gasteiger charge is 2.43. The molecule has 1 aromatic carbocycles. The summed E-state index contributed by atoms with van der Waals surface area (Å²) in [6, 6.07) is 0.865. The smallest absolute Gasteiger partial charge is 0.408 e. The highest BCUT2D eigenvalue weighted by atomic mass is 35.5. The minimum Gasteiger partial charge on any atom is -0.444 e. The quantitative estimate of drug-likeness (QED) is 0.500. The number of alkyl halides is 1. The molecular formula is C26H33ClF2N6O4. The molecule has 1 aliphatic heterocycles. The minimum absolute atomic E-state index is 0.109. The van der Waals surface area contributed by atoms with Gasteiger partial charge in [-0.1, -0.05) is 18.5 Å². The van der Waals surface area contributed by atoms with Crippen LogP contribution < -0.4 is 10.6 Å². The Morgan fingerprint density at radius 1 is 1.28 bits per heavy atom. The lowest BCUT2D eigenvalue weighted by Gasteiger charge is -2.27. The molecular weight excluding hydrogens is 534 g/mol. The Morgan fingerprint density at radius 3 is 2.62 bits per heavy atom. The summed E-state index contributed by atoms with van der Waals surface area (Å²) in [5, 5.41) is 8.81. The number of imide groups is 1. The van der Waals surface area contributed by atoms with Crippen LogP contribution in [0.5, 0.6) is 0 Å². The molecule has 2 N–H and O–H groups in total. The van der Waals surface area contributed by atoms with Gasteiger partial charge in [0.25, 0.3) is 0 Å². The highest BCUT2D eigenvalue weighted by Crippen LogP contribution is 2.49. The zero-order valence-corrected chi connectivity index (χ0v) is 23.1. The van der Waals surface area contributed by atoms with E-state index in [1.54, 1.807) is 26.8 Å². The van der Waals surface area contributed by atoms with Crippen LogP contribution in [0.3, 0.4) is 0 Å². The molecule has 212 valence electrons. The van der Waals surface area contributed by atoms with Gasteiger partial charge in [0.05, 0.1) is 16.8 Å². The van der Waals surface area contributed by atoms with Gasteiger partial charge >= 0.3 is 6.09 Å². The number of likely N-dealkylation sites (tertiary alicyclic amines) is 1. The first kappa shape index (κ1) is 28.9. The van der Waals surface area contributed by atoms with Gasteiger partial charge in [-0.05, 0) is 57.6 Å². The average Bonchev–Trinajstić information content (AvgIpc) is 3.20. The van der Waals surface area contributed by atoms with Crippen LogP contribution in [0, 0.1) is 11.2 Å². The van der Waals surface area contributed by atoms with Crippen LogP contribution in [0.2, 0.25) is 5.02 Å². The molecule has 2 heterocycles. The summed E-state index contributed by atoms with van der Waals surface area (Å²) in [6.45, 7) is 6.79. The Labute approximate surface area is 230 Å². The predicted molar refractivity (Wildman–Crippen MR) is 138 cm³/mol. The van der Waals surface area contributed by atoms with Crippen LogP contribution in [-0.2, 0) is 20.9 Å². The molecule has 1 saturated heterocycles. The second kappa shape index (κ2) is 11.2. The summed E-state index contributed by atoms with van der Waals surface area (Å²) in [5.74, 6) is -2.16. The number of aromatic nitrogens is 3. The molecule has 2 aliphatic rings. The van der Waals surface area contributed by atoms with E-state index in [-0.39, 0.29) is 35.5 Å². The lowest BCUT2D eigenvalue weighted by Crippen LogP contribution is -2.53. The third-order valence-corrected chi connectivity index (χ3v) is 7.20. The van der Waals surface area contributed by atoms with E-state index in [0.717, 1.165) is 12.8 Å². The van der Waals surface area contributed by atoms with Crippen molar-refractivity contribution in [2.75, 3.05) is 6.54 Å². The van der Waals surface area contributed by atoms with Gasteiger partial charge in [0, 0.05) is 25.1 Å². The number of carbonyl (C=O) groups excluding carboxylic acids is 3. The summed E-state index contributed by atoms with van der Waals surface area (Å²) in [5.41, 5.74) is -0.458. The molecule has 0 bridgehead atoms. The number of alkyl carbamates (subject to hydrolysis) is 1. The van der Waals surface area contributed by atoms with Gasteiger partial charge in [-0.3, -0.25) is 19.8 Å². The average molecular weight is 567 g/mol. The van der Waals surface area contributed by atoms with Gasteiger partial charge < -0.3 is 10.1 Å². The maximum Gasteiger partial charge on any atom is 0.408 e. The van der Waals surface area contributed by atoms with E-state index in [0.29, 0.717) is 12.1 Å². The summed E-state index contributed by atoms with van der Waals surface area (Å²) < 4.78 is 36.3. The summed E-state index contributed by atoms with van der Waals surface area (Å²) in [7, 11) is 0. The molecule has 13 heteroatoms. The second-order valence-corrected chi connectivity index (χ2v) is 12.0. The minimum atomic E-state index is -1.37. The zero-order valence-electron chi connectivity index (χ0n) is 22.3. The number of hydrogen-bond donors (Lipinski definition) is 2. The molecule has 4 rings (SSSR count). The molecule has 1 aromatic heterocycles. The predicted octanol–water partition coefficient (Wildman–Crippen LogP) is 3.70. The van der Waals surface area contributed by atoms with Crippen LogP contribution in [0.25, 0.3) is 5.69 Å². The summed E-state index contributed by atoms with van der Waals surface area (Å²) >= 11 is 6.02. The van der Waals surface area contributed by atoms with Crippen LogP contribution in [0.4, 0.5) is 13.6 Å². The third-order valence-electron chi connectivity index (χ3n) is 6.91. The fourth-order valence-electron chi connectivity index (χ4n) is 4.64. The topological polar surface area (TPSA) is 118 Å². The number of ether oxygens (including phenoxy) is 1. The highest BCUT2D eigenvalue weighted by molar-refractivity contribution is 6.30. The molecule has 0 spiro atoms. The molecule has 10 nitrogen and oxygen atoms in total. The van der Waals surface area contributed by atoms with Crippen molar-refractivity contribution in [3.63, 3.8) is 0 Å². The van der Waals surface area contributed by atoms with Gasteiger partial charge in [-0.2, -0.15) is 5.10 Å². The monoisotopic (exact) mass is 566 g/mol. The van der Waals surface area contributed by atoms with E-state index in [1.165, 1.54) is 28.3 Å². The standard InChI is InChI=1S/C26H33ClF2N6O4/c1-25(2,3)39-24(38)32-18(10-26(4)7-8-26)22(36)33-23(37)20-9-15(28)11-34(20)12-16-19(35-14-30-13-31-35)6-5-17(27)21(16)29/h5-6,13-15,18,20H,7-12H2,1-4H3,(H,32,38)(H,33,36,37)/t15-,18-,20+/m1/s1. The number of hydrogen-bond acceptors (Lipinski definition) is 7. The van der Waals surface area contributed by atoms with Crippen molar-refractivity contribution in [1.29, 1.82) is 0 Å². The summed E-state index contributed by atoms with van der Waals surface area (Å²) in [4.78, 5) is 44.1.